The van der Waals surface area contributed by atoms with Gasteiger partial charge >= 0.3 is 0 Å². The summed E-state index contributed by atoms with van der Waals surface area (Å²) < 4.78 is 0. The molecule has 0 saturated carbocycles. The molecule has 0 fully saturated rings. The second kappa shape index (κ2) is 4.97. The van der Waals surface area contributed by atoms with Crippen molar-refractivity contribution in [1.82, 2.24) is 4.98 Å². The molecule has 100 valence electrons. The molecule has 2 nitrogen and oxygen atoms in total. The fourth-order valence-corrected chi connectivity index (χ4v) is 2.47. The average molecular weight is 262 g/mol. The quantitative estimate of drug-likeness (QED) is 0.708. The minimum atomic E-state index is 0.805. The molecule has 3 aromatic rings. The van der Waals surface area contributed by atoms with E-state index in [4.69, 9.17) is 5.73 Å². The summed E-state index contributed by atoms with van der Waals surface area (Å²) in [5.41, 5.74) is 12.8. The van der Waals surface area contributed by atoms with Gasteiger partial charge in [-0.1, -0.05) is 12.1 Å². The van der Waals surface area contributed by atoms with Crippen molar-refractivity contribution in [1.29, 1.82) is 0 Å². The summed E-state index contributed by atoms with van der Waals surface area (Å²) in [5, 5.41) is 1.24. The lowest BCUT2D eigenvalue weighted by atomic mass is 9.98. The summed E-state index contributed by atoms with van der Waals surface area (Å²) >= 11 is 0. The van der Waals surface area contributed by atoms with Crippen LogP contribution in [0, 0.1) is 13.8 Å². The third kappa shape index (κ3) is 2.37. The van der Waals surface area contributed by atoms with Crippen LogP contribution in [0.25, 0.3) is 10.9 Å². The summed E-state index contributed by atoms with van der Waals surface area (Å²) in [6.45, 7) is 4.28. The zero-order valence-electron chi connectivity index (χ0n) is 11.9. The first-order valence-electron chi connectivity index (χ1n) is 6.83. The van der Waals surface area contributed by atoms with Gasteiger partial charge in [-0.2, -0.15) is 0 Å². The normalized spacial score (nSPS) is 10.9. The smallest absolute Gasteiger partial charge is 0.0707 e. The molecule has 0 amide bonds. The van der Waals surface area contributed by atoms with Gasteiger partial charge in [0.2, 0.25) is 0 Å². The van der Waals surface area contributed by atoms with Gasteiger partial charge in [-0.05, 0) is 72.9 Å². The number of nitrogen functional groups attached to an aromatic ring is 1. The van der Waals surface area contributed by atoms with Crippen molar-refractivity contribution in [3.63, 3.8) is 0 Å². The number of aryl methyl sites for hydroxylation is 2. The van der Waals surface area contributed by atoms with Crippen LogP contribution in [0.15, 0.2) is 48.7 Å². The van der Waals surface area contributed by atoms with Crippen molar-refractivity contribution in [3.8, 4) is 0 Å². The maximum Gasteiger partial charge on any atom is 0.0707 e. The minimum absolute atomic E-state index is 0.805. The van der Waals surface area contributed by atoms with Crippen LogP contribution in [0.4, 0.5) is 5.69 Å². The van der Waals surface area contributed by atoms with E-state index in [-0.39, 0.29) is 0 Å². The van der Waals surface area contributed by atoms with Crippen LogP contribution < -0.4 is 5.73 Å². The predicted molar refractivity (Wildman–Crippen MR) is 84.9 cm³/mol. The van der Waals surface area contributed by atoms with Gasteiger partial charge in [-0.3, -0.25) is 4.98 Å². The third-order valence-electron chi connectivity index (χ3n) is 3.82. The van der Waals surface area contributed by atoms with E-state index in [9.17, 15) is 0 Å². The Kier molecular flexibility index (Phi) is 3.15. The van der Waals surface area contributed by atoms with Crippen LogP contribution in [0.2, 0.25) is 0 Å². The zero-order valence-corrected chi connectivity index (χ0v) is 11.9. The van der Waals surface area contributed by atoms with Gasteiger partial charge in [-0.25, -0.2) is 0 Å². The average Bonchev–Trinajstić information content (AvgIpc) is 2.43. The van der Waals surface area contributed by atoms with Crippen LogP contribution in [0.1, 0.15) is 22.3 Å². The topological polar surface area (TPSA) is 38.9 Å². The molecular formula is C18H18N2. The highest BCUT2D eigenvalue weighted by Gasteiger charge is 2.05. The number of anilines is 1. The summed E-state index contributed by atoms with van der Waals surface area (Å²) in [7, 11) is 0. The number of nitrogens with two attached hydrogens (primary N) is 1. The van der Waals surface area contributed by atoms with Crippen molar-refractivity contribution < 1.29 is 0 Å². The second-order valence-electron chi connectivity index (χ2n) is 5.34. The van der Waals surface area contributed by atoms with Crippen molar-refractivity contribution in [3.05, 3.63) is 70.9 Å². The Labute approximate surface area is 119 Å². The van der Waals surface area contributed by atoms with Crippen LogP contribution in [0.3, 0.4) is 0 Å². The van der Waals surface area contributed by atoms with E-state index in [0.717, 1.165) is 17.6 Å². The Morgan fingerprint density at radius 3 is 2.40 bits per heavy atom. The summed E-state index contributed by atoms with van der Waals surface area (Å²) in [6.07, 6.45) is 2.80. The summed E-state index contributed by atoms with van der Waals surface area (Å²) in [6, 6.07) is 14.6. The largest absolute Gasteiger partial charge is 0.399 e. The van der Waals surface area contributed by atoms with Crippen LogP contribution >= 0.6 is 0 Å². The Balaban J connectivity index is 2.07. The fraction of sp³-hybridized carbons (Fsp3) is 0.167. The molecule has 0 unspecified atom stereocenters. The molecule has 1 heterocycles. The lowest BCUT2D eigenvalue weighted by molar-refractivity contribution is 1.19. The summed E-state index contributed by atoms with van der Waals surface area (Å²) in [4.78, 5) is 4.48. The molecule has 0 saturated heterocycles. The fourth-order valence-electron chi connectivity index (χ4n) is 2.47. The van der Waals surface area contributed by atoms with Gasteiger partial charge in [0.1, 0.15) is 0 Å². The molecule has 1 aromatic heterocycles. The molecule has 2 heteroatoms. The molecular weight excluding hydrogens is 244 g/mol. The maximum atomic E-state index is 5.74. The monoisotopic (exact) mass is 262 g/mol. The van der Waals surface area contributed by atoms with Crippen molar-refractivity contribution in [2.45, 2.75) is 20.3 Å². The van der Waals surface area contributed by atoms with Gasteiger partial charge in [0.05, 0.1) is 5.52 Å². The van der Waals surface area contributed by atoms with Crippen LogP contribution in [-0.4, -0.2) is 4.98 Å². The van der Waals surface area contributed by atoms with Gasteiger partial charge in [-0.15, -0.1) is 0 Å². The Hall–Kier alpha value is -2.35. The van der Waals surface area contributed by atoms with Crippen LogP contribution in [-0.2, 0) is 6.42 Å². The Morgan fingerprint density at radius 1 is 0.950 bits per heavy atom. The second-order valence-corrected chi connectivity index (χ2v) is 5.34. The van der Waals surface area contributed by atoms with Gasteiger partial charge in [0.25, 0.3) is 0 Å². The molecule has 0 radical (unpaired) electrons. The number of aromatic nitrogens is 1. The molecule has 0 spiro atoms. The minimum Gasteiger partial charge on any atom is -0.399 e. The number of rotatable bonds is 2. The number of pyridine rings is 1. The van der Waals surface area contributed by atoms with E-state index >= 15 is 0 Å². The molecule has 0 aliphatic heterocycles. The molecule has 3 rings (SSSR count). The SMILES string of the molecule is Cc1cc2nccc(Cc3ccc(N)cc3)c2cc1C. The number of fused-ring (bicyclic) bond motifs is 1. The van der Waals surface area contributed by atoms with E-state index in [0.29, 0.717) is 0 Å². The molecule has 2 N–H and O–H groups in total. The molecule has 20 heavy (non-hydrogen) atoms. The van der Waals surface area contributed by atoms with Gasteiger partial charge < -0.3 is 5.73 Å². The number of benzene rings is 2. The molecule has 0 aliphatic carbocycles. The number of nitrogens with zero attached hydrogens (tertiary/aromatic N) is 1. The zero-order chi connectivity index (χ0) is 14.1. The first-order chi connectivity index (χ1) is 9.63. The van der Waals surface area contributed by atoms with E-state index in [1.165, 1.54) is 27.6 Å². The molecule has 0 atom stereocenters. The molecule has 0 bridgehead atoms. The van der Waals surface area contributed by atoms with E-state index in [2.05, 4.69) is 49.2 Å². The Morgan fingerprint density at radius 2 is 1.65 bits per heavy atom. The van der Waals surface area contributed by atoms with E-state index < -0.39 is 0 Å². The molecule has 2 aromatic carbocycles. The summed E-state index contributed by atoms with van der Waals surface area (Å²) in [5.74, 6) is 0. The predicted octanol–water partition coefficient (Wildman–Crippen LogP) is 4.02. The highest BCUT2D eigenvalue weighted by molar-refractivity contribution is 5.84. The highest BCUT2D eigenvalue weighted by Crippen LogP contribution is 2.23. The van der Waals surface area contributed by atoms with Crippen molar-refractivity contribution in [2.75, 3.05) is 5.73 Å². The third-order valence-corrected chi connectivity index (χ3v) is 3.82. The number of hydrogen-bond donors (Lipinski definition) is 1. The van der Waals surface area contributed by atoms with Crippen molar-refractivity contribution in [2.24, 2.45) is 0 Å². The van der Waals surface area contributed by atoms with Crippen molar-refractivity contribution >= 4 is 16.6 Å². The maximum absolute atomic E-state index is 5.74. The first-order valence-corrected chi connectivity index (χ1v) is 6.83. The van der Waals surface area contributed by atoms with Gasteiger partial charge in [0.15, 0.2) is 0 Å². The van der Waals surface area contributed by atoms with E-state index in [1.54, 1.807) is 0 Å². The standard InChI is InChI=1S/C18H18N2/c1-12-9-17-15(7-8-20-18(17)10-13(12)2)11-14-3-5-16(19)6-4-14/h3-10H,11,19H2,1-2H3. The van der Waals surface area contributed by atoms with Gasteiger partial charge in [0, 0.05) is 17.3 Å². The Bertz CT molecular complexity index is 758. The number of hydrogen-bond acceptors (Lipinski definition) is 2. The first kappa shape index (κ1) is 12.7. The molecule has 0 aliphatic rings. The highest BCUT2D eigenvalue weighted by atomic mass is 14.6. The van der Waals surface area contributed by atoms with Crippen LogP contribution in [0.5, 0.6) is 0 Å². The lowest BCUT2D eigenvalue weighted by Gasteiger charge is -2.09. The van der Waals surface area contributed by atoms with E-state index in [1.807, 2.05) is 18.3 Å². The lowest BCUT2D eigenvalue weighted by Crippen LogP contribution is -1.94.